The summed E-state index contributed by atoms with van der Waals surface area (Å²) in [6, 6.07) is 8.64. The number of sulfonamides is 1. The van der Waals surface area contributed by atoms with Gasteiger partial charge in [-0.05, 0) is 43.3 Å². The van der Waals surface area contributed by atoms with E-state index < -0.39 is 45.7 Å². The molecule has 3 aromatic rings. The van der Waals surface area contributed by atoms with Crippen molar-refractivity contribution in [1.29, 1.82) is 0 Å². The van der Waals surface area contributed by atoms with Gasteiger partial charge in [0.25, 0.3) is 11.8 Å². The molecular formula is C27H30FN5O6S. The lowest BCUT2D eigenvalue weighted by atomic mass is 9.99. The zero-order valence-electron chi connectivity index (χ0n) is 22.2. The first-order valence-electron chi connectivity index (χ1n) is 12.5. The SMILES string of the molecule is C[C@H](CO)N1C[C@H](C)[C@@H](CN(C)S(=O)(=O)c2ccc(F)cc2)Oc2c(NC(=O)c3cnccn3)cccc2C1=O. The molecule has 0 saturated heterocycles. The fraction of sp³-hybridized carbons (Fsp3) is 0.333. The molecule has 2 aromatic carbocycles. The molecule has 1 aliphatic rings. The fourth-order valence-electron chi connectivity index (χ4n) is 4.30. The van der Waals surface area contributed by atoms with Crippen LogP contribution in [0.4, 0.5) is 10.1 Å². The van der Waals surface area contributed by atoms with E-state index in [1.807, 2.05) is 0 Å². The molecule has 0 fully saturated rings. The number of nitrogens with zero attached hydrogens (tertiary/aromatic N) is 4. The number of likely N-dealkylation sites (N-methyl/N-ethyl adjacent to an activating group) is 1. The summed E-state index contributed by atoms with van der Waals surface area (Å²) in [6.45, 7) is 3.26. The molecule has 13 heteroatoms. The maximum absolute atomic E-state index is 13.6. The van der Waals surface area contributed by atoms with Crippen molar-refractivity contribution in [3.63, 3.8) is 0 Å². The number of benzene rings is 2. The van der Waals surface area contributed by atoms with E-state index >= 15 is 0 Å². The van der Waals surface area contributed by atoms with Crippen LogP contribution in [-0.4, -0.2) is 83.4 Å². The predicted molar refractivity (Wildman–Crippen MR) is 144 cm³/mol. The highest BCUT2D eigenvalue weighted by Crippen LogP contribution is 2.35. The van der Waals surface area contributed by atoms with Gasteiger partial charge < -0.3 is 20.1 Å². The van der Waals surface area contributed by atoms with Gasteiger partial charge in [-0.2, -0.15) is 4.31 Å². The second kappa shape index (κ2) is 12.1. The van der Waals surface area contributed by atoms with Crippen LogP contribution in [0.2, 0.25) is 0 Å². The van der Waals surface area contributed by atoms with Crippen LogP contribution in [0.25, 0.3) is 0 Å². The third kappa shape index (κ3) is 6.11. The molecule has 4 rings (SSSR count). The first-order chi connectivity index (χ1) is 19.0. The van der Waals surface area contributed by atoms with E-state index in [1.165, 1.54) is 42.7 Å². The summed E-state index contributed by atoms with van der Waals surface area (Å²) in [5.41, 5.74) is 0.363. The molecule has 40 heavy (non-hydrogen) atoms. The maximum Gasteiger partial charge on any atom is 0.275 e. The topological polar surface area (TPSA) is 142 Å². The molecule has 0 saturated carbocycles. The predicted octanol–water partition coefficient (Wildman–Crippen LogP) is 2.41. The zero-order chi connectivity index (χ0) is 29.0. The van der Waals surface area contributed by atoms with Crippen LogP contribution in [0.5, 0.6) is 5.75 Å². The van der Waals surface area contributed by atoms with Gasteiger partial charge in [0.1, 0.15) is 17.6 Å². The molecule has 2 heterocycles. The first-order valence-corrected chi connectivity index (χ1v) is 14.0. The summed E-state index contributed by atoms with van der Waals surface area (Å²) in [7, 11) is -2.62. The number of carbonyl (C=O) groups excluding carboxylic acids is 2. The Balaban J connectivity index is 1.72. The minimum atomic E-state index is -4.01. The Hall–Kier alpha value is -3.94. The molecule has 2 N–H and O–H groups in total. The number of rotatable bonds is 8. The molecule has 0 aliphatic carbocycles. The third-order valence-electron chi connectivity index (χ3n) is 6.69. The monoisotopic (exact) mass is 571 g/mol. The van der Waals surface area contributed by atoms with Crippen molar-refractivity contribution in [2.75, 3.05) is 32.1 Å². The van der Waals surface area contributed by atoms with Crippen molar-refractivity contribution in [3.8, 4) is 5.75 Å². The van der Waals surface area contributed by atoms with E-state index in [2.05, 4.69) is 15.3 Å². The van der Waals surface area contributed by atoms with E-state index in [-0.39, 0.29) is 47.3 Å². The Kier molecular flexibility index (Phi) is 8.76. The third-order valence-corrected chi connectivity index (χ3v) is 8.53. The number of aromatic nitrogens is 2. The smallest absolute Gasteiger partial charge is 0.275 e. The van der Waals surface area contributed by atoms with Crippen LogP contribution >= 0.6 is 0 Å². The van der Waals surface area contributed by atoms with Crippen LogP contribution in [0, 0.1) is 11.7 Å². The van der Waals surface area contributed by atoms with Gasteiger partial charge in [0.05, 0.1) is 41.5 Å². The molecule has 0 bridgehead atoms. The molecule has 212 valence electrons. The van der Waals surface area contributed by atoms with E-state index in [9.17, 15) is 27.5 Å². The number of hydrogen-bond acceptors (Lipinski definition) is 8. The number of para-hydroxylation sites is 1. The molecule has 1 aromatic heterocycles. The van der Waals surface area contributed by atoms with Crippen LogP contribution in [0.1, 0.15) is 34.7 Å². The minimum Gasteiger partial charge on any atom is -0.486 e. The largest absolute Gasteiger partial charge is 0.486 e. The molecule has 0 radical (unpaired) electrons. The highest BCUT2D eigenvalue weighted by Gasteiger charge is 2.36. The molecule has 11 nitrogen and oxygen atoms in total. The van der Waals surface area contributed by atoms with Crippen LogP contribution < -0.4 is 10.1 Å². The van der Waals surface area contributed by atoms with Gasteiger partial charge in [0.15, 0.2) is 5.75 Å². The number of fused-ring (bicyclic) bond motifs is 1. The fourth-order valence-corrected chi connectivity index (χ4v) is 5.48. The molecule has 0 unspecified atom stereocenters. The van der Waals surface area contributed by atoms with Crippen LogP contribution in [-0.2, 0) is 10.0 Å². The van der Waals surface area contributed by atoms with E-state index in [4.69, 9.17) is 4.74 Å². The van der Waals surface area contributed by atoms with E-state index in [1.54, 1.807) is 32.0 Å². The summed E-state index contributed by atoms with van der Waals surface area (Å²) < 4.78 is 47.3. The molecule has 2 amide bonds. The summed E-state index contributed by atoms with van der Waals surface area (Å²) in [5.74, 6) is -1.90. The Morgan fingerprint density at radius 1 is 1.25 bits per heavy atom. The lowest BCUT2D eigenvalue weighted by Gasteiger charge is -2.38. The second-order valence-electron chi connectivity index (χ2n) is 9.59. The Morgan fingerprint density at radius 3 is 2.62 bits per heavy atom. The summed E-state index contributed by atoms with van der Waals surface area (Å²) in [5, 5.41) is 12.6. The number of hydrogen-bond donors (Lipinski definition) is 2. The summed E-state index contributed by atoms with van der Waals surface area (Å²) in [4.78, 5) is 35.8. The standard InChI is InChI=1S/C27H30FN5O6S/c1-17-14-33(18(2)16-34)27(36)21-5-4-6-22(31-26(35)23-13-29-11-12-30-23)25(21)39-24(17)15-32(3)40(37,38)20-9-7-19(28)8-10-20/h4-13,17-18,24,34H,14-16H2,1-3H3,(H,31,35)/t17-,18+,24+/m0/s1. The highest BCUT2D eigenvalue weighted by atomic mass is 32.2. The summed E-state index contributed by atoms with van der Waals surface area (Å²) >= 11 is 0. The van der Waals surface area contributed by atoms with Gasteiger partial charge in [0.2, 0.25) is 10.0 Å². The lowest BCUT2D eigenvalue weighted by molar-refractivity contribution is 0.0388. The number of amides is 2. The van der Waals surface area contributed by atoms with E-state index in [0.29, 0.717) is 0 Å². The number of anilines is 1. The van der Waals surface area contributed by atoms with E-state index in [0.717, 1.165) is 16.4 Å². The minimum absolute atomic E-state index is 0.0443. The Morgan fingerprint density at radius 2 is 1.98 bits per heavy atom. The lowest BCUT2D eigenvalue weighted by Crippen LogP contribution is -2.50. The zero-order valence-corrected chi connectivity index (χ0v) is 23.0. The Bertz CT molecular complexity index is 1470. The number of aliphatic hydroxyl groups is 1. The van der Waals surface area contributed by atoms with Crippen LogP contribution in [0.3, 0.4) is 0 Å². The maximum atomic E-state index is 13.6. The molecular weight excluding hydrogens is 541 g/mol. The van der Waals surface area contributed by atoms with Crippen molar-refractivity contribution in [1.82, 2.24) is 19.2 Å². The molecule has 3 atom stereocenters. The van der Waals surface area contributed by atoms with Crippen molar-refractivity contribution in [2.24, 2.45) is 5.92 Å². The van der Waals surface area contributed by atoms with Gasteiger partial charge in [-0.15, -0.1) is 0 Å². The number of halogens is 1. The van der Waals surface area contributed by atoms with Crippen molar-refractivity contribution >= 4 is 27.5 Å². The average molecular weight is 572 g/mol. The quantitative estimate of drug-likeness (QED) is 0.420. The van der Waals surface area contributed by atoms with Gasteiger partial charge in [0, 0.05) is 31.9 Å². The van der Waals surface area contributed by atoms with Gasteiger partial charge in [-0.3, -0.25) is 14.6 Å². The first kappa shape index (κ1) is 29.1. The second-order valence-corrected chi connectivity index (χ2v) is 11.6. The number of ether oxygens (including phenoxy) is 1. The normalized spacial score (nSPS) is 18.4. The summed E-state index contributed by atoms with van der Waals surface area (Å²) in [6.07, 6.45) is 3.30. The Labute approximate surface area is 231 Å². The van der Waals surface area contributed by atoms with Gasteiger partial charge in [-0.1, -0.05) is 13.0 Å². The van der Waals surface area contributed by atoms with Gasteiger partial charge >= 0.3 is 0 Å². The highest BCUT2D eigenvalue weighted by molar-refractivity contribution is 7.89. The molecule has 1 aliphatic heterocycles. The van der Waals surface area contributed by atoms with Crippen LogP contribution in [0.15, 0.2) is 66.0 Å². The number of nitrogens with one attached hydrogen (secondary N) is 1. The van der Waals surface area contributed by atoms with Crippen molar-refractivity contribution in [2.45, 2.75) is 30.9 Å². The number of aliphatic hydroxyl groups excluding tert-OH is 1. The van der Waals surface area contributed by atoms with Crippen molar-refractivity contribution in [3.05, 3.63) is 78.1 Å². The number of carbonyl (C=O) groups is 2. The van der Waals surface area contributed by atoms with Gasteiger partial charge in [-0.25, -0.2) is 17.8 Å². The van der Waals surface area contributed by atoms with Crippen molar-refractivity contribution < 1.29 is 32.2 Å². The molecule has 0 spiro atoms. The average Bonchev–Trinajstić information content (AvgIpc) is 2.95.